The van der Waals surface area contributed by atoms with Gasteiger partial charge in [-0.15, -0.1) is 0 Å². The highest BCUT2D eigenvalue weighted by Gasteiger charge is 2.59. The normalized spacial score (nSPS) is 27.4. The molecule has 0 radical (unpaired) electrons. The van der Waals surface area contributed by atoms with Crippen molar-refractivity contribution in [1.82, 2.24) is 4.90 Å². The highest BCUT2D eigenvalue weighted by Crippen LogP contribution is 2.48. The van der Waals surface area contributed by atoms with Crippen molar-refractivity contribution in [3.63, 3.8) is 0 Å². The molecule has 0 N–H and O–H groups in total. The molecule has 2 heterocycles. The van der Waals surface area contributed by atoms with Crippen molar-refractivity contribution in [2.75, 3.05) is 4.90 Å². The molecular formula is C18H15N3O4. The molecule has 0 spiro atoms. The maximum absolute atomic E-state index is 13.0. The van der Waals surface area contributed by atoms with Gasteiger partial charge in [0.1, 0.15) is 6.04 Å². The summed E-state index contributed by atoms with van der Waals surface area (Å²) in [7, 11) is 0. The largest absolute Gasteiger partial charge is 0.332 e. The van der Waals surface area contributed by atoms with Crippen molar-refractivity contribution in [1.29, 1.82) is 0 Å². The first-order valence-electron chi connectivity index (χ1n) is 8.40. The van der Waals surface area contributed by atoms with Crippen LogP contribution in [0.5, 0.6) is 0 Å². The number of rotatable bonds is 2. The molecule has 2 saturated heterocycles. The zero-order valence-electron chi connectivity index (χ0n) is 13.3. The van der Waals surface area contributed by atoms with Gasteiger partial charge in [0.2, 0.25) is 0 Å². The summed E-state index contributed by atoms with van der Waals surface area (Å²) in [5.74, 6) is 0.0481. The highest BCUT2D eigenvalue weighted by molar-refractivity contribution is 6.25. The summed E-state index contributed by atoms with van der Waals surface area (Å²) >= 11 is 0. The number of nitro groups is 1. The van der Waals surface area contributed by atoms with Crippen LogP contribution in [-0.4, -0.2) is 33.8 Å². The van der Waals surface area contributed by atoms with Gasteiger partial charge in [-0.1, -0.05) is 18.2 Å². The van der Waals surface area contributed by atoms with E-state index >= 15 is 0 Å². The molecule has 25 heavy (non-hydrogen) atoms. The smallest absolute Gasteiger partial charge is 0.309 e. The summed E-state index contributed by atoms with van der Waals surface area (Å²) in [6, 6.07) is 9.22. The molecule has 1 aliphatic carbocycles. The van der Waals surface area contributed by atoms with E-state index in [1.54, 1.807) is 29.2 Å². The fourth-order valence-corrected chi connectivity index (χ4v) is 4.77. The predicted octanol–water partition coefficient (Wildman–Crippen LogP) is 3.07. The molecule has 2 aromatic rings. The van der Waals surface area contributed by atoms with E-state index < -0.39 is 4.92 Å². The molecule has 7 heteroatoms. The Kier molecular flexibility index (Phi) is 2.75. The van der Waals surface area contributed by atoms with Gasteiger partial charge in [-0.2, -0.15) is 0 Å². The molecule has 2 aliphatic heterocycles. The van der Waals surface area contributed by atoms with Crippen LogP contribution >= 0.6 is 0 Å². The lowest BCUT2D eigenvalue weighted by molar-refractivity contribution is -0.383. The third-order valence-corrected chi connectivity index (χ3v) is 5.79. The molecule has 126 valence electrons. The summed E-state index contributed by atoms with van der Waals surface area (Å²) in [5, 5.41) is 12.3. The molecule has 3 fully saturated rings. The van der Waals surface area contributed by atoms with Gasteiger partial charge < -0.3 is 4.90 Å². The topological polar surface area (TPSA) is 83.8 Å². The number of carbonyl (C=O) groups is 2. The van der Waals surface area contributed by atoms with E-state index in [1.807, 2.05) is 0 Å². The van der Waals surface area contributed by atoms with Gasteiger partial charge in [-0.25, -0.2) is 9.69 Å². The second kappa shape index (κ2) is 4.78. The van der Waals surface area contributed by atoms with E-state index in [0.29, 0.717) is 16.5 Å². The van der Waals surface area contributed by atoms with Crippen molar-refractivity contribution in [2.24, 2.45) is 5.92 Å². The van der Waals surface area contributed by atoms with E-state index in [-0.39, 0.29) is 35.6 Å². The molecule has 7 nitrogen and oxygen atoms in total. The first-order valence-corrected chi connectivity index (χ1v) is 8.40. The van der Waals surface area contributed by atoms with E-state index in [1.165, 1.54) is 17.0 Å². The summed E-state index contributed by atoms with van der Waals surface area (Å²) in [4.78, 5) is 39.7. The molecule has 3 atom stereocenters. The Morgan fingerprint density at radius 2 is 1.80 bits per heavy atom. The van der Waals surface area contributed by atoms with Crippen LogP contribution in [0.4, 0.5) is 16.2 Å². The van der Waals surface area contributed by atoms with E-state index in [2.05, 4.69) is 0 Å². The zero-order chi connectivity index (χ0) is 17.3. The average molecular weight is 337 g/mol. The monoisotopic (exact) mass is 337 g/mol. The molecule has 5 rings (SSSR count). The Hall–Kier alpha value is -2.96. The Labute approximate surface area is 143 Å². The predicted molar refractivity (Wildman–Crippen MR) is 90.2 cm³/mol. The number of nitrogens with zero attached hydrogens (tertiary/aromatic N) is 3. The number of hydrogen-bond acceptors (Lipinski definition) is 4. The third-order valence-electron chi connectivity index (χ3n) is 5.79. The number of amides is 3. The second-order valence-corrected chi connectivity index (χ2v) is 6.94. The van der Waals surface area contributed by atoms with Gasteiger partial charge in [0.25, 0.3) is 11.6 Å². The maximum Gasteiger partial charge on any atom is 0.332 e. The first kappa shape index (κ1) is 14.4. The minimum atomic E-state index is -0.446. The number of non-ortho nitro benzene ring substituents is 1. The number of piperidine rings is 1. The van der Waals surface area contributed by atoms with Crippen molar-refractivity contribution >= 4 is 34.1 Å². The van der Waals surface area contributed by atoms with E-state index in [9.17, 15) is 19.7 Å². The zero-order valence-corrected chi connectivity index (χ0v) is 13.3. The van der Waals surface area contributed by atoms with Crippen LogP contribution in [0.25, 0.3) is 10.8 Å². The van der Waals surface area contributed by atoms with Gasteiger partial charge in [0, 0.05) is 17.5 Å². The van der Waals surface area contributed by atoms with Gasteiger partial charge in [-0.05, 0) is 37.3 Å². The number of imide groups is 1. The van der Waals surface area contributed by atoms with Gasteiger partial charge in [-0.3, -0.25) is 14.9 Å². The van der Waals surface area contributed by atoms with Gasteiger partial charge in [0.05, 0.1) is 16.0 Å². The summed E-state index contributed by atoms with van der Waals surface area (Å²) < 4.78 is 0. The van der Waals surface area contributed by atoms with Crippen molar-refractivity contribution in [3.8, 4) is 0 Å². The number of carbonyl (C=O) groups excluding carboxylic acids is 2. The van der Waals surface area contributed by atoms with Crippen LogP contribution in [0.2, 0.25) is 0 Å². The van der Waals surface area contributed by atoms with Gasteiger partial charge in [0.15, 0.2) is 0 Å². The summed E-state index contributed by atoms with van der Waals surface area (Å²) in [5.41, 5.74) is 0.406. The van der Waals surface area contributed by atoms with E-state index in [0.717, 1.165) is 19.3 Å². The number of urea groups is 1. The van der Waals surface area contributed by atoms with Crippen LogP contribution in [0.3, 0.4) is 0 Å². The molecule has 1 saturated carbocycles. The summed E-state index contributed by atoms with van der Waals surface area (Å²) in [6.45, 7) is 0. The quantitative estimate of drug-likeness (QED) is 0.479. The minimum Gasteiger partial charge on any atom is -0.309 e. The Morgan fingerprint density at radius 3 is 2.52 bits per heavy atom. The molecule has 2 bridgehead atoms. The maximum atomic E-state index is 13.0. The minimum absolute atomic E-state index is 0.0287. The second-order valence-electron chi connectivity index (χ2n) is 6.94. The molecule has 0 aromatic heterocycles. The van der Waals surface area contributed by atoms with Gasteiger partial charge >= 0.3 is 6.03 Å². The van der Waals surface area contributed by atoms with E-state index in [4.69, 9.17) is 0 Å². The first-order chi connectivity index (χ1) is 12.1. The molecular weight excluding hydrogens is 322 g/mol. The number of hydrogen-bond donors (Lipinski definition) is 0. The lowest BCUT2D eigenvalue weighted by atomic mass is 9.99. The van der Waals surface area contributed by atoms with Crippen LogP contribution < -0.4 is 4.90 Å². The fourth-order valence-electron chi connectivity index (χ4n) is 4.77. The average Bonchev–Trinajstić information content (AvgIpc) is 3.28. The summed E-state index contributed by atoms with van der Waals surface area (Å²) in [6.07, 6.45) is 2.85. The standard InChI is InChI=1S/C18H15N3O4/c22-17-16-10-5-6-11(9-10)19(16)18(23)20(17)14-7-8-15(21(24)25)13-4-2-1-3-12(13)14/h1-4,7-8,10-11,16H,5-6,9H2/t10-,11+,16-/m1/s1. The lowest BCUT2D eigenvalue weighted by Gasteiger charge is -2.25. The van der Waals surface area contributed by atoms with Crippen molar-refractivity contribution < 1.29 is 14.5 Å². The number of anilines is 1. The highest BCUT2D eigenvalue weighted by atomic mass is 16.6. The lowest BCUT2D eigenvalue weighted by Crippen LogP contribution is -2.40. The van der Waals surface area contributed by atoms with Crippen LogP contribution in [0, 0.1) is 16.0 Å². The Morgan fingerprint density at radius 1 is 1.04 bits per heavy atom. The van der Waals surface area contributed by atoms with Crippen LogP contribution in [-0.2, 0) is 4.79 Å². The van der Waals surface area contributed by atoms with Crippen LogP contribution in [0.15, 0.2) is 36.4 Å². The number of fused-ring (bicyclic) bond motifs is 6. The molecule has 3 amide bonds. The van der Waals surface area contributed by atoms with Crippen molar-refractivity contribution in [3.05, 3.63) is 46.5 Å². The number of benzene rings is 2. The molecule has 0 unspecified atom stereocenters. The molecule has 2 aromatic carbocycles. The van der Waals surface area contributed by atoms with Crippen LogP contribution in [0.1, 0.15) is 19.3 Å². The van der Waals surface area contributed by atoms with Crippen molar-refractivity contribution in [2.45, 2.75) is 31.3 Å². The third kappa shape index (κ3) is 1.75. The molecule has 3 aliphatic rings. The number of nitro benzene ring substituents is 1. The Bertz CT molecular complexity index is 928. The fraction of sp³-hybridized carbons (Fsp3) is 0.333. The SMILES string of the molecule is O=C1[C@H]2[C@@H]3CC[C@@H](C3)N2C(=O)N1c1ccc([N+](=O)[O-])c2ccccc12. The Balaban J connectivity index is 1.67.